The third kappa shape index (κ3) is 45.3. The van der Waals surface area contributed by atoms with Gasteiger partial charge in [-0.2, -0.15) is 0 Å². The lowest BCUT2D eigenvalue weighted by molar-refractivity contribution is -0.942. The van der Waals surface area contributed by atoms with Gasteiger partial charge in [0.1, 0.15) is 35.4 Å². The predicted molar refractivity (Wildman–Crippen MR) is 460 cm³/mol. The SMILES string of the molecule is CC[C@H](C)[C@H](NC(=O)[C@H]1CCCC[N+]1(C)Cc1ccc(NC(=O)[C@H](CCC(=O)O)NC(=O)[C@@H](NC(=O)[C@@H](N)CCCCNC(=O)CCOCCOCCOCCOCCOCCOCCOCCOCCOCCOCCOCCOC)C(C)C)cc1)C(=O)N(C)[C@H](C[C@@H](OC(C)=O)c1nc(C(=O)N[C@@H](Cc2ccccc2)C[C@H](C)C(=O)O)cs1)C(C)C. The maximum atomic E-state index is 15.0. The first-order valence-corrected chi connectivity index (χ1v) is 44.2. The van der Waals surface area contributed by atoms with Crippen LogP contribution in [0.3, 0.4) is 0 Å². The fourth-order valence-corrected chi connectivity index (χ4v) is 14.4. The first-order valence-electron chi connectivity index (χ1n) is 43.3. The number of anilines is 1. The summed E-state index contributed by atoms with van der Waals surface area (Å²) in [4.78, 5) is 140. The molecule has 0 aliphatic carbocycles. The molecule has 2 aromatic carbocycles. The fraction of sp³-hybridized carbons (Fsp3) is 0.713. The molecule has 0 saturated carbocycles. The highest BCUT2D eigenvalue weighted by molar-refractivity contribution is 7.09. The molecule has 4 rings (SSSR count). The summed E-state index contributed by atoms with van der Waals surface area (Å²) < 4.78 is 71.5. The summed E-state index contributed by atoms with van der Waals surface area (Å²) in [5, 5.41) is 38.5. The van der Waals surface area contributed by atoms with Crippen LogP contribution in [-0.2, 0) is 118 Å². The van der Waals surface area contributed by atoms with Crippen molar-refractivity contribution in [1.82, 2.24) is 36.5 Å². The molecule has 0 radical (unpaired) electrons. The Morgan fingerprint density at radius 1 is 0.593 bits per heavy atom. The van der Waals surface area contributed by atoms with Crippen molar-refractivity contribution >= 4 is 76.3 Å². The van der Waals surface area contributed by atoms with E-state index in [-0.39, 0.29) is 74.0 Å². The van der Waals surface area contributed by atoms with E-state index >= 15 is 0 Å². The average Bonchev–Trinajstić information content (AvgIpc) is 1.06. The molecule has 1 aromatic heterocycles. The number of piperidine rings is 1. The second kappa shape index (κ2) is 63.2. The lowest BCUT2D eigenvalue weighted by atomic mass is 9.92. The van der Waals surface area contributed by atoms with Crippen molar-refractivity contribution in [3.05, 3.63) is 81.8 Å². The smallest absolute Gasteiger partial charge is 0.306 e. The Balaban J connectivity index is 1.13. The molecule has 0 bridgehead atoms. The summed E-state index contributed by atoms with van der Waals surface area (Å²) >= 11 is 1.13. The number of carboxylic acid groups (broad SMARTS) is 2. The van der Waals surface area contributed by atoms with Crippen molar-refractivity contribution in [2.24, 2.45) is 29.4 Å². The Morgan fingerprint density at radius 2 is 1.12 bits per heavy atom. The number of quaternary nitrogens is 1. The number of hydrogen-bond acceptors (Lipinski definition) is 26. The third-order valence-electron chi connectivity index (χ3n) is 20.9. The Morgan fingerprint density at radius 3 is 1.61 bits per heavy atom. The van der Waals surface area contributed by atoms with Gasteiger partial charge in [-0.05, 0) is 86.8 Å². The van der Waals surface area contributed by atoms with E-state index in [1.54, 1.807) is 57.3 Å². The summed E-state index contributed by atoms with van der Waals surface area (Å²) in [6.45, 7) is 25.6. The largest absolute Gasteiger partial charge is 0.481 e. The van der Waals surface area contributed by atoms with Crippen LogP contribution >= 0.6 is 11.3 Å². The van der Waals surface area contributed by atoms with Gasteiger partial charge in [-0.25, -0.2) is 4.98 Å². The highest BCUT2D eigenvalue weighted by atomic mass is 32.1. The summed E-state index contributed by atoms with van der Waals surface area (Å²) in [5.74, 6) is -7.78. The lowest BCUT2D eigenvalue weighted by Gasteiger charge is -2.44. The number of amides is 7. The van der Waals surface area contributed by atoms with Gasteiger partial charge in [0.2, 0.25) is 29.5 Å². The Kier molecular flexibility index (Phi) is 55.2. The number of thiazole rings is 1. The van der Waals surface area contributed by atoms with Gasteiger partial charge in [0, 0.05) is 82.0 Å². The number of nitrogens with zero attached hydrogens (tertiary/aromatic N) is 3. The minimum Gasteiger partial charge on any atom is -0.481 e. The number of nitrogens with two attached hydrogens (primary N) is 1. The van der Waals surface area contributed by atoms with Crippen LogP contribution in [0.2, 0.25) is 0 Å². The van der Waals surface area contributed by atoms with Gasteiger partial charge in [0.05, 0.1) is 178 Å². The fourth-order valence-electron chi connectivity index (χ4n) is 13.6. The predicted octanol–water partition coefficient (Wildman–Crippen LogP) is 6.06. The maximum absolute atomic E-state index is 15.0. The van der Waals surface area contributed by atoms with Gasteiger partial charge < -0.3 is 119 Å². The molecule has 1 aliphatic rings. The third-order valence-corrected chi connectivity index (χ3v) is 21.8. The molecule has 36 heteroatoms. The molecule has 11 atom stereocenters. The number of ether oxygens (including phenoxy) is 13. The molecule has 3 aromatic rings. The van der Waals surface area contributed by atoms with Crippen LogP contribution < -0.4 is 37.6 Å². The molecule has 1 fully saturated rings. The number of aromatic nitrogens is 1. The van der Waals surface area contributed by atoms with Crippen molar-refractivity contribution in [3.63, 3.8) is 0 Å². The van der Waals surface area contributed by atoms with Gasteiger partial charge in [-0.3, -0.25) is 47.9 Å². The number of unbranched alkanes of at least 4 members (excludes halogenated alkanes) is 1. The second-order valence-electron chi connectivity index (χ2n) is 31.6. The quantitative estimate of drug-likeness (QED) is 0.0176. The van der Waals surface area contributed by atoms with Crippen LogP contribution in [0.15, 0.2) is 60.0 Å². The monoisotopic (exact) mass is 1760 g/mol. The van der Waals surface area contributed by atoms with Crippen LogP contribution in [0.5, 0.6) is 0 Å². The van der Waals surface area contributed by atoms with E-state index in [0.717, 1.165) is 35.3 Å². The molecule has 0 spiro atoms. The number of esters is 1. The van der Waals surface area contributed by atoms with Gasteiger partial charge in [-0.15, -0.1) is 11.3 Å². The minimum absolute atomic E-state index is 0.0669. The van der Waals surface area contributed by atoms with Crippen LogP contribution in [0.1, 0.15) is 165 Å². The number of methoxy groups -OCH3 is 1. The zero-order chi connectivity index (χ0) is 90.2. The maximum Gasteiger partial charge on any atom is 0.306 e. The molecule has 696 valence electrons. The summed E-state index contributed by atoms with van der Waals surface area (Å²) in [6.07, 6.45) is 3.13. The van der Waals surface area contributed by atoms with Crippen LogP contribution in [0.4, 0.5) is 5.69 Å². The van der Waals surface area contributed by atoms with E-state index in [2.05, 4.69) is 36.9 Å². The number of aliphatic carboxylic acids is 2. The topological polar surface area (TPSA) is 445 Å². The molecule has 35 nitrogen and oxygen atoms in total. The Hall–Kier alpha value is -7.79. The zero-order valence-electron chi connectivity index (χ0n) is 74.4. The van der Waals surface area contributed by atoms with E-state index in [1.165, 1.54) is 6.92 Å². The van der Waals surface area contributed by atoms with E-state index < -0.39 is 108 Å². The number of benzene rings is 2. The number of hydrogen-bond donors (Lipinski definition) is 9. The Bertz CT molecular complexity index is 3500. The number of rotatable bonds is 71. The first-order chi connectivity index (χ1) is 59.1. The average molecular weight is 1760 g/mol. The summed E-state index contributed by atoms with van der Waals surface area (Å²) in [5.41, 5.74) is 8.47. The molecule has 2 heterocycles. The van der Waals surface area contributed by atoms with Crippen molar-refractivity contribution in [1.29, 1.82) is 0 Å². The van der Waals surface area contributed by atoms with Crippen LogP contribution in [0.25, 0.3) is 0 Å². The second-order valence-corrected chi connectivity index (χ2v) is 32.5. The van der Waals surface area contributed by atoms with Gasteiger partial charge in [-0.1, -0.05) is 97.4 Å². The number of carboxylic acids is 2. The molecular weight excluding hydrogens is 1620 g/mol. The molecular formula is C87H143N10O25S+. The van der Waals surface area contributed by atoms with Crippen molar-refractivity contribution < 1.29 is 124 Å². The van der Waals surface area contributed by atoms with Gasteiger partial charge in [0.15, 0.2) is 12.1 Å². The minimum atomic E-state index is -1.32. The van der Waals surface area contributed by atoms with Crippen LogP contribution in [0, 0.1) is 23.7 Å². The normalized spacial score (nSPS) is 16.3. The molecule has 1 aliphatic heterocycles. The number of carbonyl (C=O) groups is 10. The molecule has 1 saturated heterocycles. The molecule has 123 heavy (non-hydrogen) atoms. The summed E-state index contributed by atoms with van der Waals surface area (Å²) in [7, 11) is 5.31. The Labute approximate surface area is 730 Å². The highest BCUT2D eigenvalue weighted by Gasteiger charge is 2.44. The number of carbonyl (C=O) groups excluding carboxylic acids is 8. The van der Waals surface area contributed by atoms with Crippen molar-refractivity contribution in [2.45, 2.75) is 194 Å². The number of likely N-dealkylation sites (tertiary alicyclic amines) is 1. The molecule has 10 N–H and O–H groups in total. The molecule has 7 amide bonds. The highest BCUT2D eigenvalue weighted by Crippen LogP contribution is 2.33. The zero-order valence-corrected chi connectivity index (χ0v) is 75.2. The van der Waals surface area contributed by atoms with Crippen molar-refractivity contribution in [3.8, 4) is 0 Å². The van der Waals surface area contributed by atoms with Crippen LogP contribution in [-0.4, -0.2) is 312 Å². The lowest BCUT2D eigenvalue weighted by Crippen LogP contribution is -2.63. The number of likely N-dealkylation sites (N-methyl/N-ethyl adjacent to an activating group) is 2. The van der Waals surface area contributed by atoms with E-state index in [1.807, 2.05) is 77.2 Å². The summed E-state index contributed by atoms with van der Waals surface area (Å²) in [6, 6.07) is 10.4. The van der Waals surface area contributed by atoms with Crippen molar-refractivity contribution in [2.75, 3.05) is 192 Å². The number of nitrogens with one attached hydrogen (secondary N) is 6. The first kappa shape index (κ1) is 108. The van der Waals surface area contributed by atoms with E-state index in [0.29, 0.717) is 212 Å². The van der Waals surface area contributed by atoms with Gasteiger partial charge in [0.25, 0.3) is 11.8 Å². The van der Waals surface area contributed by atoms with E-state index in [9.17, 15) is 58.2 Å². The standard InChI is InChI=1S/C87H142N10O25S/c1-12-63(6)79(86(107)96(9)73(61(2)3)58-75(122-65(8)98)85-93-72(60-123-85)82(104)91-69(56-64(7)87(108)109)57-66-20-14-13-15-21-66)95-83(105)74-23-17-19-32-97(74,10)59-67-24-26-68(27-25-67)90-81(103)71(28-29-77(100)101)92-84(106)78(62(4)5)94-80(102)70(88)22-16-18-31-89-76(99)30-33-111-36-37-113-40-41-115-44-45-117-48-49-119-52-53-121-55-54-120-51-50-118-47-46-116-43-42-114-39-38-112-35-34-110-11/h13-15,20-21,24-27,60-64,69-71,73-75,78-79H,12,16-19,22-23,28-59,88H2,1-11H3,(H7-,89,90,91,92,94,95,99,100,101,102,103,104,105,106,108,109)/p+1/t63-,64-,69+,70-,71-,73+,74+,75+,78-,79-,97?/m0/s1. The van der Waals surface area contributed by atoms with E-state index in [4.69, 9.17) is 67.3 Å². The van der Waals surface area contributed by atoms with Gasteiger partial charge >= 0.3 is 17.9 Å². The molecule has 1 unspecified atom stereocenters.